The highest BCUT2D eigenvalue weighted by Crippen LogP contribution is 2.21. The molecule has 0 unspecified atom stereocenters. The Morgan fingerprint density at radius 3 is 2.00 bits per heavy atom. The summed E-state index contributed by atoms with van der Waals surface area (Å²) >= 11 is 0. The summed E-state index contributed by atoms with van der Waals surface area (Å²) in [6.45, 7) is 0.264. The Kier molecular flexibility index (Phi) is 5.42. The first kappa shape index (κ1) is 16.7. The number of benzene rings is 3. The smallest absolute Gasteiger partial charge is 0.315 e. The van der Waals surface area contributed by atoms with E-state index in [4.69, 9.17) is 0 Å². The zero-order valence-corrected chi connectivity index (χ0v) is 13.7. The third-order valence-electron chi connectivity index (χ3n) is 3.88. The monoisotopic (exact) mass is 334 g/mol. The van der Waals surface area contributed by atoms with Crippen molar-refractivity contribution in [2.75, 3.05) is 0 Å². The van der Waals surface area contributed by atoms with Gasteiger partial charge < -0.3 is 10.6 Å². The molecule has 0 aliphatic heterocycles. The summed E-state index contributed by atoms with van der Waals surface area (Å²) in [5.41, 5.74) is 2.70. The maximum Gasteiger partial charge on any atom is 0.315 e. The fourth-order valence-corrected chi connectivity index (χ4v) is 2.66. The van der Waals surface area contributed by atoms with Crippen LogP contribution in [0.25, 0.3) is 0 Å². The highest BCUT2D eigenvalue weighted by atomic mass is 19.1. The SMILES string of the molecule is O=C(NCc1cccc(F)c1)NC(c1ccccc1)c1ccccc1. The van der Waals surface area contributed by atoms with Gasteiger partial charge in [0.1, 0.15) is 5.82 Å². The third kappa shape index (κ3) is 4.67. The summed E-state index contributed by atoms with van der Waals surface area (Å²) in [5, 5.41) is 5.77. The molecule has 25 heavy (non-hydrogen) atoms. The number of hydrogen-bond acceptors (Lipinski definition) is 1. The number of halogens is 1. The second kappa shape index (κ2) is 8.11. The molecule has 3 nitrogen and oxygen atoms in total. The molecule has 0 aliphatic rings. The van der Waals surface area contributed by atoms with Crippen LogP contribution in [0.1, 0.15) is 22.7 Å². The third-order valence-corrected chi connectivity index (χ3v) is 3.88. The molecule has 0 fully saturated rings. The molecule has 3 rings (SSSR count). The van der Waals surface area contributed by atoms with Crippen molar-refractivity contribution in [3.8, 4) is 0 Å². The van der Waals surface area contributed by atoms with Crippen molar-refractivity contribution in [2.45, 2.75) is 12.6 Å². The van der Waals surface area contributed by atoms with Crippen LogP contribution in [0, 0.1) is 5.82 Å². The first-order valence-electron chi connectivity index (χ1n) is 8.11. The molecule has 0 spiro atoms. The lowest BCUT2D eigenvalue weighted by Gasteiger charge is -2.20. The minimum absolute atomic E-state index is 0.255. The molecule has 2 amide bonds. The molecule has 0 heterocycles. The lowest BCUT2D eigenvalue weighted by molar-refractivity contribution is 0.238. The number of amides is 2. The summed E-state index contributed by atoms with van der Waals surface area (Å²) in [5.74, 6) is -0.314. The lowest BCUT2D eigenvalue weighted by atomic mass is 9.99. The van der Waals surface area contributed by atoms with Crippen LogP contribution < -0.4 is 10.6 Å². The van der Waals surface area contributed by atoms with Crippen LogP contribution in [0.3, 0.4) is 0 Å². The van der Waals surface area contributed by atoms with Crippen molar-refractivity contribution in [1.29, 1.82) is 0 Å². The zero-order valence-electron chi connectivity index (χ0n) is 13.7. The summed E-state index contributed by atoms with van der Waals surface area (Å²) in [7, 11) is 0. The van der Waals surface area contributed by atoms with Gasteiger partial charge in [-0.15, -0.1) is 0 Å². The Morgan fingerprint density at radius 1 is 0.840 bits per heavy atom. The van der Waals surface area contributed by atoms with Crippen molar-refractivity contribution < 1.29 is 9.18 Å². The molecule has 0 bridgehead atoms. The average molecular weight is 334 g/mol. The van der Waals surface area contributed by atoms with Crippen molar-refractivity contribution >= 4 is 6.03 Å². The van der Waals surface area contributed by atoms with Crippen LogP contribution in [-0.4, -0.2) is 6.03 Å². The molecule has 0 saturated heterocycles. The van der Waals surface area contributed by atoms with Gasteiger partial charge in [-0.1, -0.05) is 72.8 Å². The minimum atomic E-state index is -0.314. The minimum Gasteiger partial charge on any atom is -0.334 e. The van der Waals surface area contributed by atoms with Crippen LogP contribution in [0.15, 0.2) is 84.9 Å². The van der Waals surface area contributed by atoms with Crippen LogP contribution >= 0.6 is 0 Å². The van der Waals surface area contributed by atoms with Gasteiger partial charge in [0, 0.05) is 6.54 Å². The second-order valence-corrected chi connectivity index (χ2v) is 5.71. The maximum absolute atomic E-state index is 13.2. The number of carbonyl (C=O) groups is 1. The highest BCUT2D eigenvalue weighted by Gasteiger charge is 2.16. The number of hydrogen-bond donors (Lipinski definition) is 2. The van der Waals surface area contributed by atoms with Gasteiger partial charge in [0.2, 0.25) is 0 Å². The maximum atomic E-state index is 13.2. The standard InChI is InChI=1S/C21H19FN2O/c22-19-13-7-8-16(14-19)15-23-21(25)24-20(17-9-3-1-4-10-17)18-11-5-2-6-12-18/h1-14,20H,15H2,(H2,23,24,25). The van der Waals surface area contributed by atoms with Crippen molar-refractivity contribution in [2.24, 2.45) is 0 Å². The van der Waals surface area contributed by atoms with Gasteiger partial charge in [-0.25, -0.2) is 9.18 Å². The van der Waals surface area contributed by atoms with Crippen LogP contribution in [0.4, 0.5) is 9.18 Å². The first-order valence-corrected chi connectivity index (χ1v) is 8.11. The molecular weight excluding hydrogens is 315 g/mol. The Bertz CT molecular complexity index is 782. The predicted molar refractivity (Wildman–Crippen MR) is 96.5 cm³/mol. The van der Waals surface area contributed by atoms with E-state index in [0.29, 0.717) is 5.56 Å². The molecule has 0 aromatic heterocycles. The normalized spacial score (nSPS) is 10.5. The molecule has 0 atom stereocenters. The van der Waals surface area contributed by atoms with E-state index in [2.05, 4.69) is 10.6 Å². The number of urea groups is 1. The van der Waals surface area contributed by atoms with Gasteiger partial charge >= 0.3 is 6.03 Å². The van der Waals surface area contributed by atoms with Crippen molar-refractivity contribution in [3.63, 3.8) is 0 Å². The van der Waals surface area contributed by atoms with Crippen molar-refractivity contribution in [1.82, 2.24) is 10.6 Å². The van der Waals surface area contributed by atoms with Gasteiger partial charge in [-0.2, -0.15) is 0 Å². The van der Waals surface area contributed by atoms with E-state index in [1.165, 1.54) is 12.1 Å². The Labute approximate surface area is 146 Å². The molecular formula is C21H19FN2O. The zero-order chi connectivity index (χ0) is 17.5. The Balaban J connectivity index is 1.71. The molecule has 0 radical (unpaired) electrons. The molecule has 126 valence electrons. The largest absolute Gasteiger partial charge is 0.334 e. The fraction of sp³-hybridized carbons (Fsp3) is 0.0952. The van der Waals surface area contributed by atoms with Crippen LogP contribution in [-0.2, 0) is 6.54 Å². The summed E-state index contributed by atoms with van der Waals surface area (Å²) in [4.78, 5) is 12.3. The van der Waals surface area contributed by atoms with Crippen LogP contribution in [0.5, 0.6) is 0 Å². The van der Waals surface area contributed by atoms with Crippen molar-refractivity contribution in [3.05, 3.63) is 107 Å². The molecule has 2 N–H and O–H groups in total. The van der Waals surface area contributed by atoms with Gasteiger partial charge in [0.25, 0.3) is 0 Å². The fourth-order valence-electron chi connectivity index (χ4n) is 2.66. The Morgan fingerprint density at radius 2 is 1.44 bits per heavy atom. The van der Waals surface area contributed by atoms with E-state index in [1.54, 1.807) is 12.1 Å². The van der Waals surface area contributed by atoms with Gasteiger partial charge in [0.15, 0.2) is 0 Å². The van der Waals surface area contributed by atoms with E-state index in [0.717, 1.165) is 11.1 Å². The quantitative estimate of drug-likeness (QED) is 0.713. The number of carbonyl (C=O) groups excluding carboxylic acids is 1. The van der Waals surface area contributed by atoms with E-state index in [1.807, 2.05) is 60.7 Å². The van der Waals surface area contributed by atoms with Gasteiger partial charge in [0.05, 0.1) is 6.04 Å². The summed E-state index contributed by atoms with van der Waals surface area (Å²) in [6.07, 6.45) is 0. The second-order valence-electron chi connectivity index (χ2n) is 5.71. The van der Waals surface area contributed by atoms with E-state index >= 15 is 0 Å². The Hall–Kier alpha value is -3.14. The summed E-state index contributed by atoms with van der Waals surface area (Å²) in [6, 6.07) is 25.2. The predicted octanol–water partition coefficient (Wildman–Crippen LogP) is 4.41. The molecule has 0 saturated carbocycles. The van der Waals surface area contributed by atoms with Crippen LogP contribution in [0.2, 0.25) is 0 Å². The topological polar surface area (TPSA) is 41.1 Å². The highest BCUT2D eigenvalue weighted by molar-refractivity contribution is 5.75. The van der Waals surface area contributed by atoms with E-state index in [9.17, 15) is 9.18 Å². The molecule has 4 heteroatoms. The number of rotatable bonds is 5. The molecule has 3 aromatic carbocycles. The van der Waals surface area contributed by atoms with E-state index in [-0.39, 0.29) is 24.4 Å². The summed E-state index contributed by atoms with van der Waals surface area (Å²) < 4.78 is 13.2. The molecule has 0 aliphatic carbocycles. The molecule has 3 aromatic rings. The lowest BCUT2D eigenvalue weighted by Crippen LogP contribution is -2.38. The van der Waals surface area contributed by atoms with E-state index < -0.39 is 0 Å². The first-order chi connectivity index (χ1) is 12.2. The number of nitrogens with one attached hydrogen (secondary N) is 2. The van der Waals surface area contributed by atoms with Gasteiger partial charge in [-0.05, 0) is 28.8 Å². The average Bonchev–Trinajstić information content (AvgIpc) is 2.66. The van der Waals surface area contributed by atoms with Gasteiger partial charge in [-0.3, -0.25) is 0 Å².